The van der Waals surface area contributed by atoms with E-state index in [1.807, 2.05) is 30.3 Å². The summed E-state index contributed by atoms with van der Waals surface area (Å²) in [6, 6.07) is 9.78. The van der Waals surface area contributed by atoms with E-state index in [4.69, 9.17) is 0 Å². The number of likely N-dealkylation sites (tertiary alicyclic amines) is 1. The number of aliphatic hydroxyl groups is 1. The number of hydrogen-bond donors (Lipinski definition) is 1. The first-order chi connectivity index (χ1) is 8.18. The predicted molar refractivity (Wildman–Crippen MR) is 64.5 cm³/mol. The summed E-state index contributed by atoms with van der Waals surface area (Å²) in [6.45, 7) is 0.355. The van der Waals surface area contributed by atoms with Crippen LogP contribution in [0.25, 0.3) is 0 Å². The Hall–Kier alpha value is -1.33. The van der Waals surface area contributed by atoms with Crippen LogP contribution < -0.4 is 0 Å². The summed E-state index contributed by atoms with van der Waals surface area (Å²) >= 11 is 1.58. The number of amides is 2. The highest BCUT2D eigenvalue weighted by atomic mass is 32.2. The normalized spacial score (nSPS) is 20.1. The van der Waals surface area contributed by atoms with Crippen LogP contribution in [0.3, 0.4) is 0 Å². The van der Waals surface area contributed by atoms with Crippen molar-refractivity contribution < 1.29 is 14.7 Å². The molecular weight excluding hydrogens is 238 g/mol. The zero-order chi connectivity index (χ0) is 12.3. The van der Waals surface area contributed by atoms with Gasteiger partial charge in [0, 0.05) is 17.2 Å². The molecule has 1 fully saturated rings. The van der Waals surface area contributed by atoms with Gasteiger partial charge in [0.1, 0.15) is 6.10 Å². The van der Waals surface area contributed by atoms with Crippen LogP contribution in [0.4, 0.5) is 0 Å². The van der Waals surface area contributed by atoms with Crippen LogP contribution in [0.15, 0.2) is 35.2 Å². The Morgan fingerprint density at radius 2 is 2.00 bits per heavy atom. The number of benzene rings is 1. The molecule has 1 aromatic rings. The molecule has 0 unspecified atom stereocenters. The van der Waals surface area contributed by atoms with E-state index >= 15 is 0 Å². The van der Waals surface area contributed by atoms with Crippen LogP contribution in [0.5, 0.6) is 0 Å². The first-order valence-corrected chi connectivity index (χ1v) is 6.37. The van der Waals surface area contributed by atoms with E-state index < -0.39 is 12.0 Å². The van der Waals surface area contributed by atoms with E-state index in [0.717, 1.165) is 9.80 Å². The molecule has 0 bridgehead atoms. The van der Waals surface area contributed by atoms with Crippen molar-refractivity contribution in [1.82, 2.24) is 4.90 Å². The summed E-state index contributed by atoms with van der Waals surface area (Å²) in [7, 11) is 0. The number of rotatable bonds is 4. The van der Waals surface area contributed by atoms with Gasteiger partial charge in [-0.25, -0.2) is 0 Å². The van der Waals surface area contributed by atoms with E-state index in [2.05, 4.69) is 0 Å². The van der Waals surface area contributed by atoms with Crippen molar-refractivity contribution in [1.29, 1.82) is 0 Å². The lowest BCUT2D eigenvalue weighted by atomic mass is 10.3. The molecule has 1 aliphatic rings. The number of carbonyl (C=O) groups excluding carboxylic acids is 2. The molecule has 1 aromatic carbocycles. The molecule has 0 radical (unpaired) electrons. The van der Waals surface area contributed by atoms with Crippen molar-refractivity contribution in [2.24, 2.45) is 0 Å². The second kappa shape index (κ2) is 5.33. The molecule has 2 rings (SSSR count). The minimum atomic E-state index is -1.13. The third-order valence-electron chi connectivity index (χ3n) is 2.55. The fourth-order valence-corrected chi connectivity index (χ4v) is 2.53. The minimum absolute atomic E-state index is 0.0746. The minimum Gasteiger partial charge on any atom is -0.383 e. The Bertz CT molecular complexity index is 421. The number of carbonyl (C=O) groups is 2. The lowest BCUT2D eigenvalue weighted by Gasteiger charge is -2.13. The smallest absolute Gasteiger partial charge is 0.258 e. The first-order valence-electron chi connectivity index (χ1n) is 5.38. The van der Waals surface area contributed by atoms with Crippen LogP contribution in [-0.2, 0) is 9.59 Å². The van der Waals surface area contributed by atoms with Crippen molar-refractivity contribution in [2.75, 3.05) is 12.3 Å². The van der Waals surface area contributed by atoms with Gasteiger partial charge >= 0.3 is 0 Å². The van der Waals surface area contributed by atoms with Gasteiger partial charge in [-0.2, -0.15) is 0 Å². The Kier molecular flexibility index (Phi) is 3.81. The molecule has 0 aromatic heterocycles. The summed E-state index contributed by atoms with van der Waals surface area (Å²) < 4.78 is 0. The standard InChI is InChI=1S/C12H13NO3S/c14-10-8-11(15)13(12(10)16)6-7-17-9-4-2-1-3-5-9/h1-5,10,14H,6-8H2/t10-/m0/s1. The maximum atomic E-state index is 11.4. The fourth-order valence-electron chi connectivity index (χ4n) is 1.67. The average molecular weight is 251 g/mol. The molecule has 0 saturated carbocycles. The number of hydrogen-bond acceptors (Lipinski definition) is 4. The maximum Gasteiger partial charge on any atom is 0.258 e. The van der Waals surface area contributed by atoms with Crippen molar-refractivity contribution in [3.8, 4) is 0 Å². The lowest BCUT2D eigenvalue weighted by Crippen LogP contribution is -2.33. The number of nitrogens with zero attached hydrogens (tertiary/aromatic N) is 1. The molecule has 1 atom stereocenters. The lowest BCUT2D eigenvalue weighted by molar-refractivity contribution is -0.140. The van der Waals surface area contributed by atoms with Gasteiger partial charge in [-0.15, -0.1) is 11.8 Å². The van der Waals surface area contributed by atoms with Crippen LogP contribution in [-0.4, -0.2) is 40.2 Å². The molecule has 4 nitrogen and oxygen atoms in total. The van der Waals surface area contributed by atoms with Gasteiger partial charge in [-0.05, 0) is 12.1 Å². The molecule has 1 N–H and O–H groups in total. The quantitative estimate of drug-likeness (QED) is 0.638. The van der Waals surface area contributed by atoms with Gasteiger partial charge < -0.3 is 5.11 Å². The molecule has 1 saturated heterocycles. The van der Waals surface area contributed by atoms with Crippen LogP contribution in [0, 0.1) is 0 Å². The summed E-state index contributed by atoms with van der Waals surface area (Å²) in [5, 5.41) is 9.24. The number of aliphatic hydroxyl groups excluding tert-OH is 1. The van der Waals surface area contributed by atoms with E-state index in [0.29, 0.717) is 12.3 Å². The SMILES string of the molecule is O=C1C[C@H](O)C(=O)N1CCSc1ccccc1. The van der Waals surface area contributed by atoms with Crippen molar-refractivity contribution >= 4 is 23.6 Å². The summed E-state index contributed by atoms with van der Waals surface area (Å²) in [5.74, 6) is -0.103. The molecule has 0 aliphatic carbocycles. The van der Waals surface area contributed by atoms with E-state index in [9.17, 15) is 14.7 Å². The zero-order valence-electron chi connectivity index (χ0n) is 9.20. The second-order valence-electron chi connectivity index (χ2n) is 3.77. The van der Waals surface area contributed by atoms with Crippen LogP contribution in [0.2, 0.25) is 0 Å². The Labute approximate surface area is 104 Å². The molecular formula is C12H13NO3S. The van der Waals surface area contributed by atoms with Gasteiger partial charge in [0.05, 0.1) is 6.42 Å². The van der Waals surface area contributed by atoms with Crippen LogP contribution >= 0.6 is 11.8 Å². The number of imide groups is 1. The Morgan fingerprint density at radius 1 is 1.29 bits per heavy atom. The topological polar surface area (TPSA) is 57.6 Å². The van der Waals surface area contributed by atoms with Crippen molar-refractivity contribution in [3.05, 3.63) is 30.3 Å². The summed E-state index contributed by atoms with van der Waals surface area (Å²) in [4.78, 5) is 25.0. The highest BCUT2D eigenvalue weighted by molar-refractivity contribution is 7.99. The molecule has 17 heavy (non-hydrogen) atoms. The van der Waals surface area contributed by atoms with Crippen LogP contribution in [0.1, 0.15) is 6.42 Å². The van der Waals surface area contributed by atoms with E-state index in [1.165, 1.54) is 0 Å². The van der Waals surface area contributed by atoms with Gasteiger partial charge in [0.25, 0.3) is 5.91 Å². The molecule has 1 aliphatic heterocycles. The zero-order valence-corrected chi connectivity index (χ0v) is 10.0. The van der Waals surface area contributed by atoms with Gasteiger partial charge in [0.2, 0.25) is 5.91 Å². The highest BCUT2D eigenvalue weighted by Gasteiger charge is 2.36. The van der Waals surface area contributed by atoms with Crippen molar-refractivity contribution in [2.45, 2.75) is 17.4 Å². The Balaban J connectivity index is 1.83. The van der Waals surface area contributed by atoms with Gasteiger partial charge in [-0.1, -0.05) is 18.2 Å². The second-order valence-corrected chi connectivity index (χ2v) is 4.93. The van der Waals surface area contributed by atoms with Gasteiger partial charge in [-0.3, -0.25) is 14.5 Å². The van der Waals surface area contributed by atoms with E-state index in [1.54, 1.807) is 11.8 Å². The Morgan fingerprint density at radius 3 is 2.59 bits per heavy atom. The largest absolute Gasteiger partial charge is 0.383 e. The third kappa shape index (κ3) is 2.87. The maximum absolute atomic E-state index is 11.4. The highest BCUT2D eigenvalue weighted by Crippen LogP contribution is 2.19. The number of thioether (sulfide) groups is 1. The van der Waals surface area contributed by atoms with Gasteiger partial charge in [0.15, 0.2) is 0 Å². The third-order valence-corrected chi connectivity index (χ3v) is 3.54. The molecule has 2 amide bonds. The molecule has 5 heteroatoms. The average Bonchev–Trinajstić information content (AvgIpc) is 2.57. The monoisotopic (exact) mass is 251 g/mol. The predicted octanol–water partition coefficient (Wildman–Crippen LogP) is 0.899. The fraction of sp³-hybridized carbons (Fsp3) is 0.333. The molecule has 1 heterocycles. The summed E-state index contributed by atoms with van der Waals surface area (Å²) in [5.41, 5.74) is 0. The van der Waals surface area contributed by atoms with Crippen molar-refractivity contribution in [3.63, 3.8) is 0 Å². The summed E-state index contributed by atoms with van der Waals surface area (Å²) in [6.07, 6.45) is -1.21. The molecule has 90 valence electrons. The first kappa shape index (κ1) is 12.1. The molecule has 0 spiro atoms. The van der Waals surface area contributed by atoms with E-state index in [-0.39, 0.29) is 12.3 Å².